The van der Waals surface area contributed by atoms with Crippen molar-refractivity contribution in [3.8, 4) is 11.5 Å². The van der Waals surface area contributed by atoms with Crippen LogP contribution in [0.25, 0.3) is 11.5 Å². The predicted molar refractivity (Wildman–Crippen MR) is 87.1 cm³/mol. The Kier molecular flexibility index (Phi) is 3.94. The monoisotopic (exact) mass is 323 g/mol. The molecule has 0 saturated heterocycles. The van der Waals surface area contributed by atoms with E-state index in [1.165, 1.54) is 24.9 Å². The van der Waals surface area contributed by atoms with E-state index in [0.717, 1.165) is 0 Å². The highest BCUT2D eigenvalue weighted by Gasteiger charge is 2.13. The standard InChI is InChI=1S/C16H13N5O3/c17-14-10(15(18)22)2-1-3-12(14)21-16(23)9-4-5-11(20-6-9)13-7-19-8-24-13/h1-8H,17H2,(H2,18,22)(H,21,23). The molecule has 120 valence electrons. The van der Waals surface area contributed by atoms with Crippen molar-refractivity contribution < 1.29 is 14.0 Å². The molecule has 2 amide bonds. The van der Waals surface area contributed by atoms with E-state index in [-0.39, 0.29) is 11.3 Å². The van der Waals surface area contributed by atoms with Gasteiger partial charge in [-0.25, -0.2) is 4.98 Å². The molecule has 0 spiro atoms. The van der Waals surface area contributed by atoms with E-state index >= 15 is 0 Å². The summed E-state index contributed by atoms with van der Waals surface area (Å²) in [5.74, 6) is -0.582. The van der Waals surface area contributed by atoms with E-state index in [1.54, 1.807) is 24.3 Å². The van der Waals surface area contributed by atoms with Crippen molar-refractivity contribution in [1.82, 2.24) is 9.97 Å². The smallest absolute Gasteiger partial charge is 0.257 e. The van der Waals surface area contributed by atoms with E-state index in [4.69, 9.17) is 15.9 Å². The number of hydrogen-bond donors (Lipinski definition) is 3. The summed E-state index contributed by atoms with van der Waals surface area (Å²) in [6.45, 7) is 0. The molecule has 1 aromatic carbocycles. The molecule has 8 nitrogen and oxygen atoms in total. The predicted octanol–water partition coefficient (Wildman–Crippen LogP) is 1.67. The minimum absolute atomic E-state index is 0.115. The van der Waals surface area contributed by atoms with Crippen LogP contribution >= 0.6 is 0 Å². The highest BCUT2D eigenvalue weighted by Crippen LogP contribution is 2.23. The molecule has 5 N–H and O–H groups in total. The Hall–Kier alpha value is -3.68. The number of primary amides is 1. The maximum absolute atomic E-state index is 12.3. The molecule has 0 aliphatic rings. The van der Waals surface area contributed by atoms with Crippen molar-refractivity contribution in [2.75, 3.05) is 11.1 Å². The molecule has 8 heteroatoms. The number of nitrogens with zero attached hydrogens (tertiary/aromatic N) is 2. The number of para-hydroxylation sites is 1. The Balaban J connectivity index is 1.81. The van der Waals surface area contributed by atoms with Crippen molar-refractivity contribution in [1.29, 1.82) is 0 Å². The normalized spacial score (nSPS) is 10.3. The minimum Gasteiger partial charge on any atom is -0.442 e. The number of aromatic nitrogens is 2. The number of rotatable bonds is 4. The highest BCUT2D eigenvalue weighted by molar-refractivity contribution is 6.08. The lowest BCUT2D eigenvalue weighted by molar-refractivity contribution is 0.0997. The summed E-state index contributed by atoms with van der Waals surface area (Å²) in [6.07, 6.45) is 4.23. The Morgan fingerprint density at radius 2 is 1.96 bits per heavy atom. The number of pyridine rings is 1. The molecule has 24 heavy (non-hydrogen) atoms. The van der Waals surface area contributed by atoms with Crippen molar-refractivity contribution in [2.45, 2.75) is 0 Å². The number of oxazole rings is 1. The van der Waals surface area contributed by atoms with Gasteiger partial charge in [-0.15, -0.1) is 0 Å². The van der Waals surface area contributed by atoms with Gasteiger partial charge >= 0.3 is 0 Å². The van der Waals surface area contributed by atoms with Crippen LogP contribution in [0.5, 0.6) is 0 Å². The first kappa shape index (κ1) is 15.2. The number of nitrogens with one attached hydrogen (secondary N) is 1. The first-order valence-electron chi connectivity index (χ1n) is 6.91. The van der Waals surface area contributed by atoms with Gasteiger partial charge in [0.1, 0.15) is 5.69 Å². The zero-order valence-electron chi connectivity index (χ0n) is 12.4. The van der Waals surface area contributed by atoms with Crippen LogP contribution in [0.15, 0.2) is 53.5 Å². The molecule has 0 fully saturated rings. The van der Waals surface area contributed by atoms with Crippen molar-refractivity contribution in [3.63, 3.8) is 0 Å². The maximum atomic E-state index is 12.3. The fourth-order valence-electron chi connectivity index (χ4n) is 2.10. The second-order valence-corrected chi connectivity index (χ2v) is 4.88. The summed E-state index contributed by atoms with van der Waals surface area (Å²) in [6, 6.07) is 7.88. The quantitative estimate of drug-likeness (QED) is 0.624. The lowest BCUT2D eigenvalue weighted by Crippen LogP contribution is -2.17. The Bertz CT molecular complexity index is 889. The van der Waals surface area contributed by atoms with Crippen molar-refractivity contribution >= 4 is 23.2 Å². The molecule has 2 aromatic heterocycles. The van der Waals surface area contributed by atoms with Crippen LogP contribution in [0.2, 0.25) is 0 Å². The Morgan fingerprint density at radius 1 is 1.12 bits per heavy atom. The number of carbonyl (C=O) groups is 2. The molecule has 3 aromatic rings. The fraction of sp³-hybridized carbons (Fsp3) is 0. The topological polar surface area (TPSA) is 137 Å². The number of anilines is 2. The van der Waals surface area contributed by atoms with Crippen molar-refractivity contribution in [2.24, 2.45) is 5.73 Å². The molecule has 0 radical (unpaired) electrons. The van der Waals surface area contributed by atoms with E-state index in [2.05, 4.69) is 15.3 Å². The van der Waals surface area contributed by atoms with E-state index < -0.39 is 11.8 Å². The van der Waals surface area contributed by atoms with E-state index in [9.17, 15) is 9.59 Å². The van der Waals surface area contributed by atoms with Gasteiger partial charge in [0.05, 0.1) is 28.7 Å². The average molecular weight is 323 g/mol. The molecular formula is C16H13N5O3. The number of amides is 2. The van der Waals surface area contributed by atoms with Gasteiger partial charge in [0.25, 0.3) is 11.8 Å². The number of carbonyl (C=O) groups excluding carboxylic acids is 2. The summed E-state index contributed by atoms with van der Waals surface area (Å²) >= 11 is 0. The van der Waals surface area contributed by atoms with Gasteiger partial charge in [-0.3, -0.25) is 14.6 Å². The minimum atomic E-state index is -0.665. The largest absolute Gasteiger partial charge is 0.442 e. The lowest BCUT2D eigenvalue weighted by Gasteiger charge is -2.10. The summed E-state index contributed by atoms with van der Waals surface area (Å²) in [5, 5.41) is 2.63. The second-order valence-electron chi connectivity index (χ2n) is 4.88. The van der Waals surface area contributed by atoms with Crippen LogP contribution < -0.4 is 16.8 Å². The first-order valence-corrected chi connectivity index (χ1v) is 6.91. The van der Waals surface area contributed by atoms with Crippen molar-refractivity contribution in [3.05, 3.63) is 60.2 Å². The van der Waals surface area contributed by atoms with Crippen LogP contribution in [0.4, 0.5) is 11.4 Å². The third-order valence-corrected chi connectivity index (χ3v) is 3.33. The first-order chi connectivity index (χ1) is 11.6. The lowest BCUT2D eigenvalue weighted by atomic mass is 10.1. The second kappa shape index (κ2) is 6.21. The summed E-state index contributed by atoms with van der Waals surface area (Å²) < 4.78 is 5.13. The van der Waals surface area contributed by atoms with Gasteiger partial charge < -0.3 is 21.2 Å². The third kappa shape index (κ3) is 2.93. The van der Waals surface area contributed by atoms with Crippen LogP contribution in [0.1, 0.15) is 20.7 Å². The zero-order chi connectivity index (χ0) is 17.1. The van der Waals surface area contributed by atoms with Gasteiger partial charge in [0.15, 0.2) is 12.2 Å². The Morgan fingerprint density at radius 3 is 2.58 bits per heavy atom. The fourth-order valence-corrected chi connectivity index (χ4v) is 2.10. The third-order valence-electron chi connectivity index (χ3n) is 3.33. The molecule has 0 bridgehead atoms. The van der Waals surface area contributed by atoms with Crippen LogP contribution in [-0.2, 0) is 0 Å². The average Bonchev–Trinajstić information content (AvgIpc) is 3.11. The molecule has 0 saturated carbocycles. The molecular weight excluding hydrogens is 310 g/mol. The summed E-state index contributed by atoms with van der Waals surface area (Å²) in [7, 11) is 0. The number of hydrogen-bond acceptors (Lipinski definition) is 6. The van der Waals surface area contributed by atoms with Crippen LogP contribution in [0, 0.1) is 0 Å². The van der Waals surface area contributed by atoms with E-state index in [0.29, 0.717) is 22.7 Å². The molecule has 2 heterocycles. The van der Waals surface area contributed by atoms with Gasteiger partial charge in [-0.1, -0.05) is 6.07 Å². The SMILES string of the molecule is NC(=O)c1cccc(NC(=O)c2ccc(-c3cnco3)nc2)c1N. The molecule has 0 aliphatic carbocycles. The van der Waals surface area contributed by atoms with E-state index in [1.807, 2.05) is 0 Å². The van der Waals surface area contributed by atoms with Crippen LogP contribution in [-0.4, -0.2) is 21.8 Å². The van der Waals surface area contributed by atoms with Gasteiger partial charge in [0.2, 0.25) is 0 Å². The number of nitrogen functional groups attached to an aromatic ring is 1. The highest BCUT2D eigenvalue weighted by atomic mass is 16.3. The molecule has 0 atom stereocenters. The molecule has 0 unspecified atom stereocenters. The Labute approximate surface area is 136 Å². The van der Waals surface area contributed by atoms with Gasteiger partial charge in [-0.2, -0.15) is 0 Å². The maximum Gasteiger partial charge on any atom is 0.257 e. The van der Waals surface area contributed by atoms with Crippen LogP contribution in [0.3, 0.4) is 0 Å². The van der Waals surface area contributed by atoms with Gasteiger partial charge in [0, 0.05) is 6.20 Å². The molecule has 0 aliphatic heterocycles. The zero-order valence-corrected chi connectivity index (χ0v) is 12.4. The number of benzene rings is 1. The summed E-state index contributed by atoms with van der Waals surface area (Å²) in [5.41, 5.74) is 12.5. The number of nitrogens with two attached hydrogens (primary N) is 2. The molecule has 3 rings (SSSR count). The van der Waals surface area contributed by atoms with Gasteiger partial charge in [-0.05, 0) is 24.3 Å². The summed E-state index contributed by atoms with van der Waals surface area (Å²) in [4.78, 5) is 31.5.